The van der Waals surface area contributed by atoms with Crippen LogP contribution in [0.4, 0.5) is 10.1 Å². The Bertz CT molecular complexity index is 545. The van der Waals surface area contributed by atoms with Crippen LogP contribution in [0.15, 0.2) is 18.3 Å². The summed E-state index contributed by atoms with van der Waals surface area (Å²) in [6, 6.07) is 2.53. The number of carbonyl (C=O) groups is 1. The van der Waals surface area contributed by atoms with Gasteiger partial charge in [-0.25, -0.2) is 4.98 Å². The summed E-state index contributed by atoms with van der Waals surface area (Å²) in [6.45, 7) is 3.56. The summed E-state index contributed by atoms with van der Waals surface area (Å²) >= 11 is 0. The monoisotopic (exact) mass is 234 g/mol. The number of aromatic nitrogens is 3. The number of hydrogen-bond donors (Lipinski definition) is 2. The second-order valence-electron chi connectivity index (χ2n) is 3.63. The number of aryl methyl sites for hydroxylation is 2. The molecule has 0 aliphatic rings. The number of nitrogens with zero attached hydrogens (tertiary/aromatic N) is 2. The van der Waals surface area contributed by atoms with Crippen LogP contribution in [0.2, 0.25) is 0 Å². The van der Waals surface area contributed by atoms with Crippen LogP contribution in [0.5, 0.6) is 0 Å². The fourth-order valence-electron chi connectivity index (χ4n) is 1.46. The standard InChI is InChI=1S/C11H11FN4O/c1-6-10(7(2)16-15-6)14-11(17)8-3-4-13-9(12)5-8/h3-5H,1-2H3,(H,14,17)(H,15,16). The van der Waals surface area contributed by atoms with E-state index in [0.29, 0.717) is 11.4 Å². The Morgan fingerprint density at radius 2 is 2.24 bits per heavy atom. The predicted molar refractivity (Wildman–Crippen MR) is 60.2 cm³/mol. The Morgan fingerprint density at radius 3 is 2.82 bits per heavy atom. The third-order valence-electron chi connectivity index (χ3n) is 2.36. The van der Waals surface area contributed by atoms with Crippen molar-refractivity contribution in [2.24, 2.45) is 0 Å². The van der Waals surface area contributed by atoms with Crippen molar-refractivity contribution in [3.8, 4) is 0 Å². The highest BCUT2D eigenvalue weighted by atomic mass is 19.1. The van der Waals surface area contributed by atoms with Gasteiger partial charge >= 0.3 is 0 Å². The SMILES string of the molecule is Cc1n[nH]c(C)c1NC(=O)c1ccnc(F)c1. The van der Waals surface area contributed by atoms with Gasteiger partial charge in [0.1, 0.15) is 0 Å². The molecule has 2 aromatic rings. The summed E-state index contributed by atoms with van der Waals surface area (Å²) in [5.74, 6) is -1.07. The van der Waals surface area contributed by atoms with Crippen LogP contribution >= 0.6 is 0 Å². The summed E-state index contributed by atoms with van der Waals surface area (Å²) in [5, 5.41) is 9.38. The number of pyridine rings is 1. The van der Waals surface area contributed by atoms with Crippen LogP contribution in [0.3, 0.4) is 0 Å². The average molecular weight is 234 g/mol. The largest absolute Gasteiger partial charge is 0.319 e. The number of hydrogen-bond acceptors (Lipinski definition) is 3. The molecule has 0 fully saturated rings. The van der Waals surface area contributed by atoms with Gasteiger partial charge in [0.05, 0.1) is 17.1 Å². The molecule has 0 aliphatic heterocycles. The molecule has 2 aromatic heterocycles. The van der Waals surface area contributed by atoms with E-state index < -0.39 is 5.95 Å². The Balaban J connectivity index is 2.23. The van der Waals surface area contributed by atoms with E-state index in [4.69, 9.17) is 0 Å². The summed E-state index contributed by atoms with van der Waals surface area (Å²) in [5.41, 5.74) is 2.28. The van der Waals surface area contributed by atoms with Gasteiger partial charge in [-0.1, -0.05) is 0 Å². The van der Waals surface area contributed by atoms with E-state index in [0.717, 1.165) is 11.8 Å². The molecule has 0 saturated heterocycles. The fraction of sp³-hybridized carbons (Fsp3) is 0.182. The van der Waals surface area contributed by atoms with Crippen LogP contribution < -0.4 is 5.32 Å². The highest BCUT2D eigenvalue weighted by molar-refractivity contribution is 6.04. The van der Waals surface area contributed by atoms with E-state index >= 15 is 0 Å². The normalized spacial score (nSPS) is 10.3. The summed E-state index contributed by atoms with van der Waals surface area (Å²) in [7, 11) is 0. The maximum absolute atomic E-state index is 12.9. The molecular formula is C11H11FN4O. The Hall–Kier alpha value is -2.24. The average Bonchev–Trinajstić information content (AvgIpc) is 2.61. The highest BCUT2D eigenvalue weighted by Crippen LogP contribution is 2.17. The second kappa shape index (κ2) is 4.32. The number of rotatable bonds is 2. The van der Waals surface area contributed by atoms with Crippen molar-refractivity contribution in [3.05, 3.63) is 41.2 Å². The van der Waals surface area contributed by atoms with Gasteiger partial charge in [0.25, 0.3) is 5.91 Å². The maximum atomic E-state index is 12.9. The summed E-state index contributed by atoms with van der Waals surface area (Å²) in [6.07, 6.45) is 1.25. The molecule has 2 rings (SSSR count). The van der Waals surface area contributed by atoms with Crippen molar-refractivity contribution in [1.82, 2.24) is 15.2 Å². The van der Waals surface area contributed by atoms with Crippen molar-refractivity contribution in [3.63, 3.8) is 0 Å². The van der Waals surface area contributed by atoms with Crippen molar-refractivity contribution in [1.29, 1.82) is 0 Å². The molecule has 0 unspecified atom stereocenters. The second-order valence-corrected chi connectivity index (χ2v) is 3.63. The van der Waals surface area contributed by atoms with Crippen LogP contribution in [0, 0.1) is 19.8 Å². The lowest BCUT2D eigenvalue weighted by Gasteiger charge is -2.04. The molecule has 0 spiro atoms. The first-order chi connectivity index (χ1) is 8.08. The number of amides is 1. The zero-order valence-electron chi connectivity index (χ0n) is 9.41. The maximum Gasteiger partial charge on any atom is 0.255 e. The molecule has 6 heteroatoms. The molecule has 0 radical (unpaired) electrons. The molecule has 2 heterocycles. The van der Waals surface area contributed by atoms with Gasteiger partial charge in [-0.05, 0) is 19.9 Å². The van der Waals surface area contributed by atoms with Crippen LogP contribution in [-0.4, -0.2) is 21.1 Å². The van der Waals surface area contributed by atoms with Crippen molar-refractivity contribution >= 4 is 11.6 Å². The van der Waals surface area contributed by atoms with E-state index in [2.05, 4.69) is 20.5 Å². The quantitative estimate of drug-likeness (QED) is 0.778. The lowest BCUT2D eigenvalue weighted by atomic mass is 10.2. The van der Waals surface area contributed by atoms with Crippen LogP contribution in [0.25, 0.3) is 0 Å². The number of aromatic amines is 1. The minimum atomic E-state index is -0.682. The minimum Gasteiger partial charge on any atom is -0.319 e. The summed E-state index contributed by atoms with van der Waals surface area (Å²) < 4.78 is 12.9. The van der Waals surface area contributed by atoms with Gasteiger partial charge in [-0.15, -0.1) is 0 Å². The highest BCUT2D eigenvalue weighted by Gasteiger charge is 2.12. The number of carbonyl (C=O) groups excluding carboxylic acids is 1. The van der Waals surface area contributed by atoms with Crippen LogP contribution in [-0.2, 0) is 0 Å². The van der Waals surface area contributed by atoms with E-state index in [1.807, 2.05) is 0 Å². The molecule has 0 aliphatic carbocycles. The molecule has 0 saturated carbocycles. The van der Waals surface area contributed by atoms with E-state index in [1.54, 1.807) is 13.8 Å². The van der Waals surface area contributed by atoms with Gasteiger partial charge in [0.2, 0.25) is 5.95 Å². The molecule has 0 atom stereocenters. The smallest absolute Gasteiger partial charge is 0.255 e. The van der Waals surface area contributed by atoms with Gasteiger partial charge in [0.15, 0.2) is 0 Å². The Morgan fingerprint density at radius 1 is 1.47 bits per heavy atom. The van der Waals surface area contributed by atoms with Gasteiger partial charge in [-0.3, -0.25) is 9.89 Å². The zero-order valence-corrected chi connectivity index (χ0v) is 9.41. The third kappa shape index (κ3) is 2.30. The predicted octanol–water partition coefficient (Wildman–Crippen LogP) is 1.81. The molecule has 88 valence electrons. The Kier molecular flexibility index (Phi) is 2.86. The molecule has 17 heavy (non-hydrogen) atoms. The molecule has 0 bridgehead atoms. The topological polar surface area (TPSA) is 70.7 Å². The van der Waals surface area contributed by atoms with Crippen molar-refractivity contribution in [2.75, 3.05) is 5.32 Å². The zero-order chi connectivity index (χ0) is 12.4. The lowest BCUT2D eigenvalue weighted by Crippen LogP contribution is -2.13. The third-order valence-corrected chi connectivity index (χ3v) is 2.36. The van der Waals surface area contributed by atoms with Crippen LogP contribution in [0.1, 0.15) is 21.7 Å². The van der Waals surface area contributed by atoms with E-state index in [1.165, 1.54) is 12.3 Å². The fourth-order valence-corrected chi connectivity index (χ4v) is 1.46. The van der Waals surface area contributed by atoms with E-state index in [-0.39, 0.29) is 11.5 Å². The Labute approximate surface area is 97.1 Å². The molecular weight excluding hydrogens is 223 g/mol. The van der Waals surface area contributed by atoms with Crippen molar-refractivity contribution in [2.45, 2.75) is 13.8 Å². The van der Waals surface area contributed by atoms with Gasteiger partial charge in [0, 0.05) is 17.8 Å². The number of nitrogens with one attached hydrogen (secondary N) is 2. The van der Waals surface area contributed by atoms with E-state index in [9.17, 15) is 9.18 Å². The molecule has 2 N–H and O–H groups in total. The number of H-pyrrole nitrogens is 1. The molecule has 0 aromatic carbocycles. The van der Waals surface area contributed by atoms with Crippen molar-refractivity contribution < 1.29 is 9.18 Å². The first kappa shape index (κ1) is 11.3. The number of halogens is 1. The summed E-state index contributed by atoms with van der Waals surface area (Å²) in [4.78, 5) is 15.2. The van der Waals surface area contributed by atoms with Gasteiger partial charge < -0.3 is 5.32 Å². The molecule has 1 amide bonds. The van der Waals surface area contributed by atoms with Gasteiger partial charge in [-0.2, -0.15) is 9.49 Å². The minimum absolute atomic E-state index is 0.220. The first-order valence-electron chi connectivity index (χ1n) is 5.02. The molecule has 5 nitrogen and oxygen atoms in total. The lowest BCUT2D eigenvalue weighted by molar-refractivity contribution is 0.102. The number of anilines is 1. The first-order valence-corrected chi connectivity index (χ1v) is 5.02.